The van der Waals surface area contributed by atoms with Crippen LogP contribution in [0.25, 0.3) is 0 Å². The minimum Gasteiger partial charge on any atom is -0.0616 e. The summed E-state index contributed by atoms with van der Waals surface area (Å²) in [5.41, 5.74) is 9.69. The fraction of sp³-hybridized carbons (Fsp3) is 1.00. The van der Waals surface area contributed by atoms with Crippen LogP contribution in [0.15, 0.2) is 0 Å². The Kier molecular flexibility index (Phi) is 0.785. The monoisotopic (exact) mass is 364 g/mol. The van der Waals surface area contributed by atoms with Gasteiger partial charge in [-0.3, -0.25) is 0 Å². The van der Waals surface area contributed by atoms with Crippen molar-refractivity contribution in [1.29, 1.82) is 0 Å². The molecule has 0 radical (unpaired) electrons. The van der Waals surface area contributed by atoms with Crippen LogP contribution in [-0.4, -0.2) is 0 Å². The molecule has 28 heavy (non-hydrogen) atoms. The molecule has 15 aliphatic carbocycles. The van der Waals surface area contributed by atoms with Gasteiger partial charge in [0, 0.05) is 0 Å². The van der Waals surface area contributed by atoms with Gasteiger partial charge >= 0.3 is 0 Å². The SMILES string of the molecule is CC1C2C3C4C5CC6C7CC8C9C%10C%11C(C)C%12(C)C1(C)C21C%11%12C%102C9%10C78C65C4%10C312. The van der Waals surface area contributed by atoms with E-state index < -0.39 is 0 Å². The maximum atomic E-state index is 2.89. The lowest BCUT2D eigenvalue weighted by Gasteiger charge is -3.45. The minimum atomic E-state index is 0.773. The van der Waals surface area contributed by atoms with E-state index in [0.717, 1.165) is 66.0 Å². The average Bonchev–Trinajstić information content (AvgIpc) is 2.60. The van der Waals surface area contributed by atoms with E-state index >= 15 is 0 Å². The van der Waals surface area contributed by atoms with E-state index in [-0.39, 0.29) is 0 Å². The first-order valence-electron chi connectivity index (χ1n) is 13.5. The van der Waals surface area contributed by atoms with Crippen LogP contribution in [0.4, 0.5) is 0 Å². The summed E-state index contributed by atoms with van der Waals surface area (Å²) in [6, 6.07) is 0. The van der Waals surface area contributed by atoms with Gasteiger partial charge in [0.1, 0.15) is 0 Å². The zero-order valence-electron chi connectivity index (χ0n) is 17.3. The summed E-state index contributed by atoms with van der Waals surface area (Å²) in [5.74, 6) is 15.0. The molecule has 0 bridgehead atoms. The summed E-state index contributed by atoms with van der Waals surface area (Å²) in [5, 5.41) is 0. The molecule has 0 aromatic heterocycles. The molecular formula is C28H28. The number of hydrogen-bond donors (Lipinski definition) is 0. The summed E-state index contributed by atoms with van der Waals surface area (Å²) in [7, 11) is 0. The van der Waals surface area contributed by atoms with E-state index in [2.05, 4.69) is 27.7 Å². The predicted octanol–water partition coefficient (Wildman–Crippen LogP) is 4.31. The van der Waals surface area contributed by atoms with Crippen LogP contribution < -0.4 is 0 Å². The highest BCUT2D eigenvalue weighted by Crippen LogP contribution is 3.46. The molecule has 15 rings (SSSR count). The van der Waals surface area contributed by atoms with Crippen molar-refractivity contribution in [2.75, 3.05) is 0 Å². The molecular weight excluding hydrogens is 336 g/mol. The van der Waals surface area contributed by atoms with E-state index in [0.29, 0.717) is 0 Å². The molecule has 0 saturated heterocycles. The van der Waals surface area contributed by atoms with Crippen molar-refractivity contribution in [1.82, 2.24) is 0 Å². The fourth-order valence-electron chi connectivity index (χ4n) is 24.5. The molecule has 0 heterocycles. The Balaban J connectivity index is 1.18. The molecule has 0 aromatic carbocycles. The summed E-state index contributed by atoms with van der Waals surface area (Å²) in [6.07, 6.45) is 3.48. The van der Waals surface area contributed by atoms with Gasteiger partial charge in [-0.2, -0.15) is 0 Å². The molecule has 15 aliphatic rings. The molecule has 15 fully saturated rings. The first kappa shape index (κ1) is 11.6. The van der Waals surface area contributed by atoms with E-state index in [1.165, 1.54) is 59.2 Å². The van der Waals surface area contributed by atoms with Crippen molar-refractivity contribution in [3.05, 3.63) is 0 Å². The average molecular weight is 365 g/mol. The highest BCUT2D eigenvalue weighted by molar-refractivity contribution is 5.89. The summed E-state index contributed by atoms with van der Waals surface area (Å²) < 4.78 is 0. The van der Waals surface area contributed by atoms with Crippen LogP contribution in [0.2, 0.25) is 0 Å². The molecule has 0 heteroatoms. The Hall–Kier alpha value is 0. The van der Waals surface area contributed by atoms with Crippen molar-refractivity contribution < 1.29 is 0 Å². The Morgan fingerprint density at radius 3 is 1.32 bits per heavy atom. The maximum Gasteiger partial charge on any atom is -0.00506 e. The number of rotatable bonds is 0. The van der Waals surface area contributed by atoms with Crippen molar-refractivity contribution in [3.8, 4) is 0 Å². The lowest BCUT2D eigenvalue weighted by atomic mass is 8.57. The van der Waals surface area contributed by atoms with Crippen molar-refractivity contribution in [2.24, 2.45) is 125 Å². The first-order valence-corrected chi connectivity index (χ1v) is 13.5. The van der Waals surface area contributed by atoms with Gasteiger partial charge < -0.3 is 0 Å². The van der Waals surface area contributed by atoms with Crippen molar-refractivity contribution in [3.63, 3.8) is 0 Å². The Labute approximate surface area is 166 Å². The zero-order chi connectivity index (χ0) is 17.3. The minimum absolute atomic E-state index is 0.773. The molecule has 140 valence electrons. The van der Waals surface area contributed by atoms with Gasteiger partial charge in [-0.15, -0.1) is 0 Å². The standard InChI is InChI=1S/C28H28/c1-7-13-17-15-11-5-9-10-6-12-16-18-14-8(2)20(4)19(7,3)23(13)24(14,20)28(18)26(16)22(10,12)21(9,11)25(15,26)27(17,23)28/h7-18H,5-6H2,1-4H3. The first-order chi connectivity index (χ1) is 13.5. The number of hydrogen-bond acceptors (Lipinski definition) is 0. The van der Waals surface area contributed by atoms with Gasteiger partial charge in [0.05, 0.1) is 0 Å². The Bertz CT molecular complexity index is 1130. The van der Waals surface area contributed by atoms with Gasteiger partial charge in [0.2, 0.25) is 0 Å². The topological polar surface area (TPSA) is 0 Å². The second-order valence-corrected chi connectivity index (χ2v) is 16.6. The third kappa shape index (κ3) is 0.299. The van der Waals surface area contributed by atoms with Crippen LogP contribution in [-0.2, 0) is 0 Å². The third-order valence-electron chi connectivity index (χ3n) is 21.2. The summed E-state index contributed by atoms with van der Waals surface area (Å²) in [6.45, 7) is 11.3. The quantitative estimate of drug-likeness (QED) is 0.601. The maximum absolute atomic E-state index is 2.89. The molecule has 0 aromatic rings. The van der Waals surface area contributed by atoms with E-state index in [4.69, 9.17) is 0 Å². The van der Waals surface area contributed by atoms with Crippen LogP contribution in [0, 0.1) is 125 Å². The van der Waals surface area contributed by atoms with Crippen molar-refractivity contribution >= 4 is 0 Å². The van der Waals surface area contributed by atoms with Crippen LogP contribution in [0.5, 0.6) is 0 Å². The second kappa shape index (κ2) is 1.90. The Morgan fingerprint density at radius 2 is 0.893 bits per heavy atom. The lowest BCUT2D eigenvalue weighted by molar-refractivity contribution is -1.00. The molecule has 22 unspecified atom stereocenters. The van der Waals surface area contributed by atoms with Crippen LogP contribution >= 0.6 is 0 Å². The van der Waals surface area contributed by atoms with E-state index in [9.17, 15) is 0 Å². The van der Waals surface area contributed by atoms with Gasteiger partial charge in [-0.1, -0.05) is 27.7 Å². The molecule has 22 atom stereocenters. The van der Waals surface area contributed by atoms with Gasteiger partial charge in [0.25, 0.3) is 0 Å². The largest absolute Gasteiger partial charge is 0.0616 e. The van der Waals surface area contributed by atoms with Gasteiger partial charge in [-0.25, -0.2) is 0 Å². The lowest BCUT2D eigenvalue weighted by Crippen LogP contribution is -3.43. The van der Waals surface area contributed by atoms with E-state index in [1.807, 2.05) is 0 Å². The van der Waals surface area contributed by atoms with Gasteiger partial charge in [-0.05, 0) is 138 Å². The Morgan fingerprint density at radius 1 is 0.464 bits per heavy atom. The molecule has 8 spiro atoms. The highest BCUT2D eigenvalue weighted by Gasteiger charge is 3.44. The van der Waals surface area contributed by atoms with Crippen molar-refractivity contribution in [2.45, 2.75) is 40.5 Å². The predicted molar refractivity (Wildman–Crippen MR) is 98.1 cm³/mol. The molecule has 0 amide bonds. The summed E-state index contributed by atoms with van der Waals surface area (Å²) >= 11 is 0. The molecule has 0 N–H and O–H groups in total. The second-order valence-electron chi connectivity index (χ2n) is 16.6. The molecule has 0 aliphatic heterocycles. The van der Waals surface area contributed by atoms with Crippen LogP contribution in [0.3, 0.4) is 0 Å². The molecule has 15 saturated carbocycles. The van der Waals surface area contributed by atoms with Gasteiger partial charge in [0.15, 0.2) is 0 Å². The third-order valence-corrected chi connectivity index (χ3v) is 21.2. The molecule has 0 nitrogen and oxygen atoms in total. The fourth-order valence-corrected chi connectivity index (χ4v) is 24.5. The summed E-state index contributed by atoms with van der Waals surface area (Å²) in [4.78, 5) is 0. The normalized spacial score (nSPS) is 117. The zero-order valence-corrected chi connectivity index (χ0v) is 17.3. The highest BCUT2D eigenvalue weighted by atomic mass is 15.5. The smallest absolute Gasteiger partial charge is 0.00506 e. The van der Waals surface area contributed by atoms with E-state index in [1.54, 1.807) is 12.8 Å². The van der Waals surface area contributed by atoms with Crippen LogP contribution in [0.1, 0.15) is 40.5 Å². The number of fused-ring (bicyclic) bond motifs is 8.